The molecule has 1 aromatic rings. The lowest BCUT2D eigenvalue weighted by molar-refractivity contribution is 0.0939. The van der Waals surface area contributed by atoms with E-state index in [1.165, 1.54) is 45.1 Å². The highest BCUT2D eigenvalue weighted by Crippen LogP contribution is 2.62. The number of hydrogen-bond acceptors (Lipinski definition) is 2. The van der Waals surface area contributed by atoms with E-state index in [-0.39, 0.29) is 5.54 Å². The predicted octanol–water partition coefficient (Wildman–Crippen LogP) is 3.00. The molecular formula is C16H21NO. The lowest BCUT2D eigenvalue weighted by Gasteiger charge is -2.45. The summed E-state index contributed by atoms with van der Waals surface area (Å²) in [5.74, 6) is 1.01. The van der Waals surface area contributed by atoms with E-state index in [1.807, 2.05) is 0 Å². The average Bonchev–Trinajstić information content (AvgIpc) is 2.90. The van der Waals surface area contributed by atoms with Gasteiger partial charge < -0.3 is 10.1 Å². The molecule has 1 N–H and O–H groups in total. The van der Waals surface area contributed by atoms with Crippen molar-refractivity contribution in [1.82, 2.24) is 5.32 Å². The topological polar surface area (TPSA) is 21.3 Å². The Morgan fingerprint density at radius 1 is 1.17 bits per heavy atom. The Morgan fingerprint density at radius 3 is 2.94 bits per heavy atom. The zero-order valence-electron chi connectivity index (χ0n) is 11.1. The Morgan fingerprint density at radius 2 is 2.06 bits per heavy atom. The fourth-order valence-corrected chi connectivity index (χ4v) is 4.90. The molecule has 0 aromatic heterocycles. The first kappa shape index (κ1) is 10.9. The van der Waals surface area contributed by atoms with Crippen LogP contribution in [0.1, 0.15) is 43.2 Å². The summed E-state index contributed by atoms with van der Waals surface area (Å²) in [5, 5.41) is 3.88. The summed E-state index contributed by atoms with van der Waals surface area (Å²) in [6.07, 6.45) is 8.12. The number of nitrogens with one attached hydrogen (secondary N) is 1. The standard InChI is InChI=1S/C16H21NO/c1-18-13-5-4-12-11-15-6-2-3-7-16(15,14(12)10-13)17-9-8-15/h4-5,10,17H,2-3,6-9,11H2,1H3. The van der Waals surface area contributed by atoms with Crippen LogP contribution in [0.4, 0.5) is 0 Å². The van der Waals surface area contributed by atoms with E-state index in [4.69, 9.17) is 4.74 Å². The Balaban J connectivity index is 1.90. The monoisotopic (exact) mass is 243 g/mol. The van der Waals surface area contributed by atoms with E-state index in [9.17, 15) is 0 Å². The summed E-state index contributed by atoms with van der Waals surface area (Å²) in [4.78, 5) is 0. The van der Waals surface area contributed by atoms with Gasteiger partial charge in [0.05, 0.1) is 7.11 Å². The van der Waals surface area contributed by atoms with Crippen LogP contribution in [0.25, 0.3) is 0 Å². The van der Waals surface area contributed by atoms with Crippen LogP contribution in [0, 0.1) is 5.41 Å². The molecule has 18 heavy (non-hydrogen) atoms. The molecule has 2 aliphatic carbocycles. The smallest absolute Gasteiger partial charge is 0.119 e. The maximum absolute atomic E-state index is 5.43. The van der Waals surface area contributed by atoms with Crippen LogP contribution >= 0.6 is 0 Å². The molecule has 2 atom stereocenters. The van der Waals surface area contributed by atoms with Gasteiger partial charge in [0.1, 0.15) is 5.75 Å². The molecule has 2 heteroatoms. The van der Waals surface area contributed by atoms with Crippen LogP contribution in [0.2, 0.25) is 0 Å². The molecule has 1 heterocycles. The highest BCUT2D eigenvalue weighted by atomic mass is 16.5. The first-order chi connectivity index (χ1) is 8.80. The molecule has 0 radical (unpaired) electrons. The highest BCUT2D eigenvalue weighted by molar-refractivity contribution is 5.48. The minimum atomic E-state index is 0.273. The van der Waals surface area contributed by atoms with Gasteiger partial charge in [-0.15, -0.1) is 0 Å². The molecule has 2 unspecified atom stereocenters. The summed E-state index contributed by atoms with van der Waals surface area (Å²) in [6.45, 7) is 1.19. The largest absolute Gasteiger partial charge is 0.497 e. The molecule has 96 valence electrons. The van der Waals surface area contributed by atoms with E-state index in [0.717, 1.165) is 5.75 Å². The third-order valence-electron chi connectivity index (χ3n) is 5.70. The second kappa shape index (κ2) is 3.51. The lowest BCUT2D eigenvalue weighted by atomic mass is 9.62. The number of ether oxygens (including phenoxy) is 1. The SMILES string of the molecule is COc1ccc2c(c1)C13CCCCC1(CCN3)C2. The number of fused-ring (bicyclic) bond motifs is 1. The van der Waals surface area contributed by atoms with E-state index < -0.39 is 0 Å². The quantitative estimate of drug-likeness (QED) is 0.818. The third kappa shape index (κ3) is 1.13. The maximum Gasteiger partial charge on any atom is 0.119 e. The summed E-state index contributed by atoms with van der Waals surface area (Å²) in [7, 11) is 1.77. The van der Waals surface area contributed by atoms with Gasteiger partial charge >= 0.3 is 0 Å². The van der Waals surface area contributed by atoms with Gasteiger partial charge in [0.2, 0.25) is 0 Å². The van der Waals surface area contributed by atoms with Crippen molar-refractivity contribution in [2.24, 2.45) is 5.41 Å². The molecule has 0 spiro atoms. The summed E-state index contributed by atoms with van der Waals surface area (Å²) in [5.41, 5.74) is 3.89. The third-order valence-corrected chi connectivity index (χ3v) is 5.70. The van der Waals surface area contributed by atoms with Crippen LogP contribution < -0.4 is 10.1 Å². The van der Waals surface area contributed by atoms with Gasteiger partial charge in [-0.1, -0.05) is 18.9 Å². The summed E-state index contributed by atoms with van der Waals surface area (Å²) < 4.78 is 5.43. The molecule has 3 aliphatic rings. The zero-order valence-corrected chi connectivity index (χ0v) is 11.1. The molecule has 1 saturated heterocycles. The van der Waals surface area contributed by atoms with Crippen molar-refractivity contribution in [3.8, 4) is 5.75 Å². The normalized spacial score (nSPS) is 36.9. The van der Waals surface area contributed by atoms with Crippen LogP contribution in [-0.4, -0.2) is 13.7 Å². The van der Waals surface area contributed by atoms with Gasteiger partial charge in [0.25, 0.3) is 0 Å². The number of benzene rings is 1. The molecule has 0 bridgehead atoms. The Kier molecular flexibility index (Phi) is 2.12. The predicted molar refractivity (Wildman–Crippen MR) is 71.9 cm³/mol. The van der Waals surface area contributed by atoms with Crippen LogP contribution in [0.5, 0.6) is 5.75 Å². The zero-order chi connectivity index (χ0) is 12.2. The summed E-state index contributed by atoms with van der Waals surface area (Å²) >= 11 is 0. The molecular weight excluding hydrogens is 222 g/mol. The Labute approximate surface area is 109 Å². The van der Waals surface area contributed by atoms with Gasteiger partial charge in [-0.25, -0.2) is 0 Å². The second-order valence-electron chi connectivity index (χ2n) is 6.27. The minimum absolute atomic E-state index is 0.273. The number of rotatable bonds is 1. The van der Waals surface area contributed by atoms with Crippen molar-refractivity contribution in [3.05, 3.63) is 29.3 Å². The van der Waals surface area contributed by atoms with E-state index in [0.29, 0.717) is 5.41 Å². The Bertz CT molecular complexity index is 498. The van der Waals surface area contributed by atoms with Gasteiger partial charge in [-0.2, -0.15) is 0 Å². The van der Waals surface area contributed by atoms with Crippen molar-refractivity contribution in [1.29, 1.82) is 0 Å². The average molecular weight is 243 g/mol. The van der Waals surface area contributed by atoms with Gasteiger partial charge in [-0.05, 0) is 60.9 Å². The summed E-state index contributed by atoms with van der Waals surface area (Å²) in [6, 6.07) is 6.71. The Hall–Kier alpha value is -1.02. The molecule has 1 aromatic carbocycles. The minimum Gasteiger partial charge on any atom is -0.497 e. The van der Waals surface area contributed by atoms with Gasteiger partial charge in [0, 0.05) is 5.54 Å². The van der Waals surface area contributed by atoms with Crippen molar-refractivity contribution in [2.45, 2.75) is 44.1 Å². The van der Waals surface area contributed by atoms with Gasteiger partial charge in [-0.3, -0.25) is 0 Å². The molecule has 1 aliphatic heterocycles. The highest BCUT2D eigenvalue weighted by Gasteiger charge is 2.60. The van der Waals surface area contributed by atoms with E-state index >= 15 is 0 Å². The maximum atomic E-state index is 5.43. The van der Waals surface area contributed by atoms with Gasteiger partial charge in [0.15, 0.2) is 0 Å². The van der Waals surface area contributed by atoms with E-state index in [2.05, 4.69) is 23.5 Å². The first-order valence-electron chi connectivity index (χ1n) is 7.22. The molecule has 2 fully saturated rings. The van der Waals surface area contributed by atoms with Crippen molar-refractivity contribution < 1.29 is 4.74 Å². The van der Waals surface area contributed by atoms with Crippen LogP contribution in [0.3, 0.4) is 0 Å². The van der Waals surface area contributed by atoms with Crippen LogP contribution in [0.15, 0.2) is 18.2 Å². The van der Waals surface area contributed by atoms with Crippen LogP contribution in [-0.2, 0) is 12.0 Å². The molecule has 4 rings (SSSR count). The first-order valence-corrected chi connectivity index (χ1v) is 7.22. The van der Waals surface area contributed by atoms with Crippen molar-refractivity contribution >= 4 is 0 Å². The van der Waals surface area contributed by atoms with E-state index in [1.54, 1.807) is 18.2 Å². The molecule has 2 nitrogen and oxygen atoms in total. The second-order valence-corrected chi connectivity index (χ2v) is 6.27. The molecule has 0 amide bonds. The van der Waals surface area contributed by atoms with Crippen molar-refractivity contribution in [2.75, 3.05) is 13.7 Å². The number of hydrogen-bond donors (Lipinski definition) is 1. The fourth-order valence-electron chi connectivity index (χ4n) is 4.90. The van der Waals surface area contributed by atoms with Crippen molar-refractivity contribution in [3.63, 3.8) is 0 Å². The lowest BCUT2D eigenvalue weighted by Crippen LogP contribution is -2.48. The fraction of sp³-hybridized carbons (Fsp3) is 0.625. The number of methoxy groups -OCH3 is 1. The molecule has 1 saturated carbocycles.